The van der Waals surface area contributed by atoms with Crippen LogP contribution in [0.3, 0.4) is 0 Å². The van der Waals surface area contributed by atoms with Gasteiger partial charge < -0.3 is 4.74 Å². The number of unbranched alkanes of at least 4 members (excludes halogenated alkanes) is 8. The van der Waals surface area contributed by atoms with Gasteiger partial charge in [-0.05, 0) is 73.3 Å². The molecule has 2 aromatic rings. The summed E-state index contributed by atoms with van der Waals surface area (Å²) in [6, 6.07) is 20.3. The summed E-state index contributed by atoms with van der Waals surface area (Å²) in [5.74, 6) is 1.51. The van der Waals surface area contributed by atoms with Crippen LogP contribution in [-0.2, 0) is 0 Å². The number of ether oxygens (including phenoxy) is 1. The van der Waals surface area contributed by atoms with Crippen LogP contribution in [0, 0.1) is 16.7 Å². The van der Waals surface area contributed by atoms with E-state index in [0.717, 1.165) is 50.9 Å². The molecule has 0 heterocycles. The minimum atomic E-state index is -0.0916. The Hall–Kier alpha value is -2.27. The van der Waals surface area contributed by atoms with E-state index in [-0.39, 0.29) is 5.41 Å². The van der Waals surface area contributed by atoms with Crippen LogP contribution >= 0.6 is 0 Å². The van der Waals surface area contributed by atoms with Crippen molar-refractivity contribution in [1.82, 2.24) is 0 Å². The van der Waals surface area contributed by atoms with E-state index >= 15 is 0 Å². The number of hydrogen-bond acceptors (Lipinski definition) is 2. The minimum absolute atomic E-state index is 0.0916. The van der Waals surface area contributed by atoms with Crippen molar-refractivity contribution in [2.24, 2.45) is 5.41 Å². The molecule has 0 saturated heterocycles. The van der Waals surface area contributed by atoms with Crippen molar-refractivity contribution in [1.29, 1.82) is 5.26 Å². The van der Waals surface area contributed by atoms with Crippen molar-refractivity contribution in [3.8, 4) is 22.9 Å². The van der Waals surface area contributed by atoms with Crippen LogP contribution in [0.1, 0.15) is 122 Å². The van der Waals surface area contributed by atoms with E-state index in [1.807, 2.05) is 0 Å². The largest absolute Gasteiger partial charge is 0.494 e. The molecule has 3 rings (SSSR count). The fraction of sp³-hybridized carbons (Fsp3) is 0.606. The lowest BCUT2D eigenvalue weighted by molar-refractivity contribution is 0.223. The molecule has 35 heavy (non-hydrogen) atoms. The molecule has 0 N–H and O–H groups in total. The van der Waals surface area contributed by atoms with Crippen molar-refractivity contribution in [3.05, 3.63) is 54.1 Å². The molecule has 0 aliphatic heterocycles. The Morgan fingerprint density at radius 3 is 2.11 bits per heavy atom. The number of rotatable bonds is 15. The van der Waals surface area contributed by atoms with Gasteiger partial charge in [-0.2, -0.15) is 5.26 Å². The van der Waals surface area contributed by atoms with Crippen molar-refractivity contribution in [2.45, 2.75) is 116 Å². The second-order valence-electron chi connectivity index (χ2n) is 10.7. The van der Waals surface area contributed by atoms with Crippen LogP contribution < -0.4 is 4.74 Å². The van der Waals surface area contributed by atoms with E-state index in [0.29, 0.717) is 5.92 Å². The van der Waals surface area contributed by atoms with Crippen LogP contribution in [0.2, 0.25) is 0 Å². The van der Waals surface area contributed by atoms with E-state index in [1.54, 1.807) is 0 Å². The average molecular weight is 474 g/mol. The van der Waals surface area contributed by atoms with Gasteiger partial charge in [-0.3, -0.25) is 0 Å². The predicted octanol–water partition coefficient (Wildman–Crippen LogP) is 10.2. The van der Waals surface area contributed by atoms with Crippen molar-refractivity contribution < 1.29 is 4.74 Å². The molecule has 190 valence electrons. The number of nitrogens with zero attached hydrogens (tertiary/aromatic N) is 1. The standard InChI is InChI=1S/C33H47NO/c1-3-5-7-8-9-10-13-23-33(27-34)24-21-29(22-25-33)32-16-12-11-15-31(32)28-17-19-30(20-18-28)35-26-14-6-4-2/h11-12,15-20,29H,3-10,13-14,21-26H2,1-2H3. The highest BCUT2D eigenvalue weighted by Crippen LogP contribution is 2.47. The van der Waals surface area contributed by atoms with Crippen molar-refractivity contribution in [3.63, 3.8) is 0 Å². The maximum Gasteiger partial charge on any atom is 0.119 e. The van der Waals surface area contributed by atoms with Crippen molar-refractivity contribution >= 4 is 0 Å². The maximum absolute atomic E-state index is 10.1. The molecular formula is C33H47NO. The lowest BCUT2D eigenvalue weighted by Gasteiger charge is -2.36. The van der Waals surface area contributed by atoms with E-state index in [9.17, 15) is 5.26 Å². The Labute approximate surface area is 215 Å². The van der Waals surface area contributed by atoms with Crippen LogP contribution in [0.5, 0.6) is 5.75 Å². The van der Waals surface area contributed by atoms with Crippen molar-refractivity contribution in [2.75, 3.05) is 6.61 Å². The van der Waals surface area contributed by atoms with Crippen LogP contribution in [0.4, 0.5) is 0 Å². The fourth-order valence-corrected chi connectivity index (χ4v) is 5.71. The molecule has 0 aromatic heterocycles. The first kappa shape index (κ1) is 27.3. The smallest absolute Gasteiger partial charge is 0.119 e. The van der Waals surface area contributed by atoms with Gasteiger partial charge in [0.25, 0.3) is 0 Å². The third-order valence-corrected chi connectivity index (χ3v) is 8.02. The van der Waals surface area contributed by atoms with Crippen LogP contribution in [-0.4, -0.2) is 6.61 Å². The highest BCUT2D eigenvalue weighted by atomic mass is 16.5. The minimum Gasteiger partial charge on any atom is -0.494 e. The lowest BCUT2D eigenvalue weighted by atomic mass is 9.67. The van der Waals surface area contributed by atoms with E-state index in [1.165, 1.54) is 74.5 Å². The van der Waals surface area contributed by atoms with Gasteiger partial charge in [-0.1, -0.05) is 108 Å². The summed E-state index contributed by atoms with van der Waals surface area (Å²) in [5, 5.41) is 10.1. The van der Waals surface area contributed by atoms with Gasteiger partial charge in [-0.15, -0.1) is 0 Å². The molecule has 0 spiro atoms. The highest BCUT2D eigenvalue weighted by Gasteiger charge is 2.35. The normalized spacial score (nSPS) is 19.9. The van der Waals surface area contributed by atoms with Gasteiger partial charge in [0.05, 0.1) is 18.1 Å². The third-order valence-electron chi connectivity index (χ3n) is 8.02. The van der Waals surface area contributed by atoms with Crippen LogP contribution in [0.15, 0.2) is 48.5 Å². The third kappa shape index (κ3) is 8.42. The van der Waals surface area contributed by atoms with Gasteiger partial charge in [0, 0.05) is 0 Å². The average Bonchev–Trinajstić information content (AvgIpc) is 2.91. The number of nitriles is 1. The molecule has 0 unspecified atom stereocenters. The Kier molecular flexibility index (Phi) is 11.7. The lowest BCUT2D eigenvalue weighted by Crippen LogP contribution is -2.25. The first-order valence-electron chi connectivity index (χ1n) is 14.4. The summed E-state index contributed by atoms with van der Waals surface area (Å²) in [4.78, 5) is 0. The van der Waals surface area contributed by atoms with Gasteiger partial charge >= 0.3 is 0 Å². The molecule has 2 heteroatoms. The molecule has 2 nitrogen and oxygen atoms in total. The molecule has 1 aliphatic carbocycles. The van der Waals surface area contributed by atoms with Gasteiger partial charge in [0.2, 0.25) is 0 Å². The van der Waals surface area contributed by atoms with E-state index < -0.39 is 0 Å². The number of benzene rings is 2. The van der Waals surface area contributed by atoms with Gasteiger partial charge in [0.15, 0.2) is 0 Å². The molecule has 0 radical (unpaired) electrons. The Morgan fingerprint density at radius 1 is 0.800 bits per heavy atom. The highest BCUT2D eigenvalue weighted by molar-refractivity contribution is 5.68. The summed E-state index contributed by atoms with van der Waals surface area (Å²) < 4.78 is 5.91. The Balaban J connectivity index is 1.55. The molecule has 1 fully saturated rings. The van der Waals surface area contributed by atoms with Gasteiger partial charge in [0.1, 0.15) is 5.75 Å². The fourth-order valence-electron chi connectivity index (χ4n) is 5.71. The summed E-state index contributed by atoms with van der Waals surface area (Å²) in [6.45, 7) is 5.28. The molecule has 0 amide bonds. The van der Waals surface area contributed by atoms with Crippen LogP contribution in [0.25, 0.3) is 11.1 Å². The summed E-state index contributed by atoms with van der Waals surface area (Å²) in [5.41, 5.74) is 3.96. The molecule has 1 aliphatic rings. The molecule has 1 saturated carbocycles. The molecule has 0 atom stereocenters. The van der Waals surface area contributed by atoms with E-state index in [2.05, 4.69) is 68.4 Å². The zero-order chi connectivity index (χ0) is 24.8. The summed E-state index contributed by atoms with van der Waals surface area (Å²) in [6.07, 6.45) is 18.2. The molecule has 0 bridgehead atoms. The first-order valence-corrected chi connectivity index (χ1v) is 14.4. The molecular weight excluding hydrogens is 426 g/mol. The summed E-state index contributed by atoms with van der Waals surface area (Å²) in [7, 11) is 0. The first-order chi connectivity index (χ1) is 17.2. The van der Waals surface area contributed by atoms with E-state index in [4.69, 9.17) is 4.74 Å². The maximum atomic E-state index is 10.1. The topological polar surface area (TPSA) is 33.0 Å². The number of hydrogen-bond donors (Lipinski definition) is 0. The summed E-state index contributed by atoms with van der Waals surface area (Å²) >= 11 is 0. The second-order valence-corrected chi connectivity index (χ2v) is 10.7. The zero-order valence-corrected chi connectivity index (χ0v) is 22.4. The Morgan fingerprint density at radius 2 is 1.43 bits per heavy atom. The predicted molar refractivity (Wildman–Crippen MR) is 149 cm³/mol. The van der Waals surface area contributed by atoms with Gasteiger partial charge in [-0.25, -0.2) is 0 Å². The SMILES string of the molecule is CCCCCCCCCC1(C#N)CCC(c2ccccc2-c2ccc(OCCCCC)cc2)CC1. The quantitative estimate of drug-likeness (QED) is 0.241. The Bertz CT molecular complexity index is 886. The zero-order valence-electron chi connectivity index (χ0n) is 22.4. The molecule has 2 aromatic carbocycles. The second kappa shape index (κ2) is 15.0. The monoisotopic (exact) mass is 473 g/mol.